The topological polar surface area (TPSA) is 58.2 Å². The molecule has 0 radical (unpaired) electrons. The second kappa shape index (κ2) is 6.26. The summed E-state index contributed by atoms with van der Waals surface area (Å²) in [6.07, 6.45) is 5.01. The van der Waals surface area contributed by atoms with Crippen molar-refractivity contribution in [2.24, 2.45) is 0 Å². The first-order valence-electron chi connectivity index (χ1n) is 7.62. The molecule has 1 saturated heterocycles. The van der Waals surface area contributed by atoms with Gasteiger partial charge in [-0.2, -0.15) is 5.10 Å². The monoisotopic (exact) mass is 287 g/mol. The van der Waals surface area contributed by atoms with E-state index in [1.54, 1.807) is 6.20 Å². The third-order valence-electron chi connectivity index (χ3n) is 3.91. The molecule has 21 heavy (non-hydrogen) atoms. The SMILES string of the molecule is CCCOC1CCCN(C(=O)c2ccc3cn[nH]c3c2)C1. The zero-order valence-electron chi connectivity index (χ0n) is 12.3. The van der Waals surface area contributed by atoms with Gasteiger partial charge in [0.25, 0.3) is 5.91 Å². The Morgan fingerprint density at radius 1 is 1.52 bits per heavy atom. The van der Waals surface area contributed by atoms with Crippen molar-refractivity contribution in [3.05, 3.63) is 30.0 Å². The van der Waals surface area contributed by atoms with Crippen LogP contribution in [0.3, 0.4) is 0 Å². The molecule has 0 spiro atoms. The summed E-state index contributed by atoms with van der Waals surface area (Å²) in [6, 6.07) is 5.68. The molecule has 1 aliphatic heterocycles. The Kier molecular flexibility index (Phi) is 4.20. The molecule has 5 heteroatoms. The van der Waals surface area contributed by atoms with Crippen LogP contribution in [0, 0.1) is 0 Å². The first-order valence-corrected chi connectivity index (χ1v) is 7.62. The fraction of sp³-hybridized carbons (Fsp3) is 0.500. The molecule has 2 heterocycles. The number of likely N-dealkylation sites (tertiary alicyclic amines) is 1. The van der Waals surface area contributed by atoms with Crippen molar-refractivity contribution in [2.45, 2.75) is 32.3 Å². The summed E-state index contributed by atoms with van der Waals surface area (Å²) in [5, 5.41) is 7.92. The predicted molar refractivity (Wildman–Crippen MR) is 81.3 cm³/mol. The maximum absolute atomic E-state index is 12.6. The van der Waals surface area contributed by atoms with Crippen molar-refractivity contribution in [2.75, 3.05) is 19.7 Å². The second-order valence-corrected chi connectivity index (χ2v) is 5.56. The third-order valence-corrected chi connectivity index (χ3v) is 3.91. The van der Waals surface area contributed by atoms with E-state index in [2.05, 4.69) is 17.1 Å². The molecule has 1 aromatic carbocycles. The molecule has 0 saturated carbocycles. The van der Waals surface area contributed by atoms with Crippen LogP contribution < -0.4 is 0 Å². The van der Waals surface area contributed by atoms with Gasteiger partial charge in [0.2, 0.25) is 0 Å². The van der Waals surface area contributed by atoms with Gasteiger partial charge >= 0.3 is 0 Å². The summed E-state index contributed by atoms with van der Waals surface area (Å²) in [5.74, 6) is 0.0799. The van der Waals surface area contributed by atoms with E-state index in [0.29, 0.717) is 12.1 Å². The van der Waals surface area contributed by atoms with Crippen LogP contribution in [0.15, 0.2) is 24.4 Å². The number of carbonyl (C=O) groups excluding carboxylic acids is 1. The highest BCUT2D eigenvalue weighted by atomic mass is 16.5. The number of benzene rings is 1. The van der Waals surface area contributed by atoms with Crippen molar-refractivity contribution in [1.82, 2.24) is 15.1 Å². The number of hydrogen-bond donors (Lipinski definition) is 1. The predicted octanol–water partition coefficient (Wildman–Crippen LogP) is 2.59. The summed E-state index contributed by atoms with van der Waals surface area (Å²) in [4.78, 5) is 14.5. The first kappa shape index (κ1) is 14.1. The molecule has 0 aliphatic carbocycles. The minimum atomic E-state index is 0.0799. The fourth-order valence-corrected chi connectivity index (χ4v) is 2.80. The summed E-state index contributed by atoms with van der Waals surface area (Å²) in [7, 11) is 0. The lowest BCUT2D eigenvalue weighted by atomic mass is 10.1. The number of hydrogen-bond acceptors (Lipinski definition) is 3. The number of amides is 1. The highest BCUT2D eigenvalue weighted by Gasteiger charge is 2.24. The minimum Gasteiger partial charge on any atom is -0.376 e. The average molecular weight is 287 g/mol. The molecular weight excluding hydrogens is 266 g/mol. The van der Waals surface area contributed by atoms with Gasteiger partial charge in [-0.05, 0) is 31.4 Å². The molecule has 1 atom stereocenters. The van der Waals surface area contributed by atoms with Crippen LogP contribution in [0.5, 0.6) is 0 Å². The molecule has 0 bridgehead atoms. The molecule has 1 unspecified atom stereocenters. The zero-order valence-corrected chi connectivity index (χ0v) is 12.3. The Morgan fingerprint density at radius 2 is 2.43 bits per heavy atom. The number of aromatic nitrogens is 2. The summed E-state index contributed by atoms with van der Waals surface area (Å²) >= 11 is 0. The van der Waals surface area contributed by atoms with E-state index in [1.807, 2.05) is 23.1 Å². The van der Waals surface area contributed by atoms with Gasteiger partial charge in [-0.3, -0.25) is 9.89 Å². The highest BCUT2D eigenvalue weighted by Crippen LogP contribution is 2.19. The Bertz CT molecular complexity index is 623. The molecule has 1 aliphatic rings. The highest BCUT2D eigenvalue weighted by molar-refractivity contribution is 5.97. The van der Waals surface area contributed by atoms with Crippen molar-refractivity contribution in [3.8, 4) is 0 Å². The molecule has 1 fully saturated rings. The fourth-order valence-electron chi connectivity index (χ4n) is 2.80. The lowest BCUT2D eigenvalue weighted by Crippen LogP contribution is -2.43. The van der Waals surface area contributed by atoms with Crippen molar-refractivity contribution < 1.29 is 9.53 Å². The maximum atomic E-state index is 12.6. The molecule has 1 N–H and O–H groups in total. The van der Waals surface area contributed by atoms with Gasteiger partial charge in [0.1, 0.15) is 0 Å². The summed E-state index contributed by atoms with van der Waals surface area (Å²) < 4.78 is 5.80. The Balaban J connectivity index is 1.71. The largest absolute Gasteiger partial charge is 0.376 e. The number of nitrogens with zero attached hydrogens (tertiary/aromatic N) is 2. The number of piperidine rings is 1. The maximum Gasteiger partial charge on any atom is 0.254 e. The van der Waals surface area contributed by atoms with Crippen LogP contribution in [0.2, 0.25) is 0 Å². The number of H-pyrrole nitrogens is 1. The van der Waals surface area contributed by atoms with Crippen LogP contribution in [0.1, 0.15) is 36.5 Å². The van der Waals surface area contributed by atoms with Gasteiger partial charge in [0.05, 0.1) is 17.8 Å². The average Bonchev–Trinajstić information content (AvgIpc) is 3.00. The Labute approximate surface area is 124 Å². The number of rotatable bonds is 4. The minimum absolute atomic E-state index is 0.0799. The van der Waals surface area contributed by atoms with Crippen molar-refractivity contribution in [1.29, 1.82) is 0 Å². The third kappa shape index (κ3) is 3.08. The van der Waals surface area contributed by atoms with Gasteiger partial charge in [0, 0.05) is 30.6 Å². The lowest BCUT2D eigenvalue weighted by Gasteiger charge is -2.32. The van der Waals surface area contributed by atoms with Crippen LogP contribution in [-0.4, -0.2) is 46.8 Å². The van der Waals surface area contributed by atoms with Gasteiger partial charge < -0.3 is 9.64 Å². The quantitative estimate of drug-likeness (QED) is 0.940. The summed E-state index contributed by atoms with van der Waals surface area (Å²) in [6.45, 7) is 4.38. The molecule has 3 rings (SSSR count). The van der Waals surface area contributed by atoms with E-state index in [-0.39, 0.29) is 12.0 Å². The van der Waals surface area contributed by atoms with E-state index in [0.717, 1.165) is 43.3 Å². The van der Waals surface area contributed by atoms with Gasteiger partial charge in [-0.25, -0.2) is 0 Å². The summed E-state index contributed by atoms with van der Waals surface area (Å²) in [5.41, 5.74) is 1.61. The van der Waals surface area contributed by atoms with E-state index < -0.39 is 0 Å². The number of fused-ring (bicyclic) bond motifs is 1. The Hall–Kier alpha value is -1.88. The zero-order chi connectivity index (χ0) is 14.7. The van der Waals surface area contributed by atoms with Crippen molar-refractivity contribution in [3.63, 3.8) is 0 Å². The van der Waals surface area contributed by atoms with Crippen LogP contribution in [0.25, 0.3) is 10.9 Å². The molecular formula is C16H21N3O2. The standard InChI is InChI=1S/C16H21N3O2/c1-2-8-21-14-4-3-7-19(11-14)16(20)12-5-6-13-10-17-18-15(13)9-12/h5-6,9-10,14H,2-4,7-8,11H2,1H3,(H,17,18). The van der Waals surface area contributed by atoms with Crippen LogP contribution in [-0.2, 0) is 4.74 Å². The Morgan fingerprint density at radius 3 is 3.29 bits per heavy atom. The van der Waals surface area contributed by atoms with Crippen molar-refractivity contribution >= 4 is 16.8 Å². The van der Waals surface area contributed by atoms with Gasteiger partial charge in [-0.15, -0.1) is 0 Å². The van der Waals surface area contributed by atoms with E-state index in [9.17, 15) is 4.79 Å². The number of nitrogens with one attached hydrogen (secondary N) is 1. The van der Waals surface area contributed by atoms with Crippen LogP contribution in [0.4, 0.5) is 0 Å². The molecule has 1 amide bonds. The van der Waals surface area contributed by atoms with E-state index in [1.165, 1.54) is 0 Å². The van der Waals surface area contributed by atoms with Gasteiger partial charge in [0.15, 0.2) is 0 Å². The molecule has 112 valence electrons. The molecule has 5 nitrogen and oxygen atoms in total. The first-order chi connectivity index (χ1) is 10.3. The second-order valence-electron chi connectivity index (χ2n) is 5.56. The molecule has 1 aromatic heterocycles. The number of ether oxygens (including phenoxy) is 1. The van der Waals surface area contributed by atoms with E-state index in [4.69, 9.17) is 4.74 Å². The lowest BCUT2D eigenvalue weighted by molar-refractivity contribution is 0.00212. The molecule has 2 aromatic rings. The van der Waals surface area contributed by atoms with Crippen LogP contribution >= 0.6 is 0 Å². The normalized spacial score (nSPS) is 19.1. The van der Waals surface area contributed by atoms with E-state index >= 15 is 0 Å². The number of carbonyl (C=O) groups is 1. The smallest absolute Gasteiger partial charge is 0.254 e. The van der Waals surface area contributed by atoms with Gasteiger partial charge in [-0.1, -0.05) is 13.0 Å². The number of aromatic amines is 1.